The highest BCUT2D eigenvalue weighted by Gasteiger charge is 2.27. The molecular formula is C14H30N4O. The molecule has 0 aromatic rings. The van der Waals surface area contributed by atoms with Gasteiger partial charge in [0.05, 0.1) is 6.54 Å². The first-order valence-electron chi connectivity index (χ1n) is 7.60. The quantitative estimate of drug-likeness (QED) is 0.785. The number of carbonyl (C=O) groups is 1. The van der Waals surface area contributed by atoms with Gasteiger partial charge in [-0.15, -0.1) is 0 Å². The number of likely N-dealkylation sites (N-methyl/N-ethyl adjacent to an activating group) is 2. The van der Waals surface area contributed by atoms with Crippen LogP contribution < -0.4 is 5.32 Å². The highest BCUT2D eigenvalue weighted by atomic mass is 16.2. The average Bonchev–Trinajstić information content (AvgIpc) is 2.41. The molecule has 112 valence electrons. The number of nitrogens with zero attached hydrogens (tertiary/aromatic N) is 3. The summed E-state index contributed by atoms with van der Waals surface area (Å²) in [5.41, 5.74) is 0. The van der Waals surface area contributed by atoms with E-state index in [-0.39, 0.29) is 7.33 Å². The number of rotatable bonds is 4. The largest absolute Gasteiger partial charge is 0.355 e. The maximum absolute atomic E-state index is 11.6. The van der Waals surface area contributed by atoms with Crippen LogP contribution in [0.5, 0.6) is 0 Å². The topological polar surface area (TPSA) is 38.8 Å². The minimum atomic E-state index is 0. The first kappa shape index (κ1) is 14.8. The fraction of sp³-hybridized carbons (Fsp3) is 0.929. The normalized spacial score (nSPS) is 24.5. The van der Waals surface area contributed by atoms with Gasteiger partial charge in [-0.2, -0.15) is 0 Å². The molecule has 0 unspecified atom stereocenters. The summed E-state index contributed by atoms with van der Waals surface area (Å²) in [6, 6.07) is 0.735. The van der Waals surface area contributed by atoms with Crippen molar-refractivity contribution >= 4 is 5.91 Å². The van der Waals surface area contributed by atoms with Crippen LogP contribution in [0.2, 0.25) is 0 Å². The van der Waals surface area contributed by atoms with Gasteiger partial charge >= 0.3 is 0 Å². The van der Waals surface area contributed by atoms with E-state index in [1.807, 2.05) is 6.92 Å². The Morgan fingerprint density at radius 2 is 1.79 bits per heavy atom. The first-order valence-corrected chi connectivity index (χ1v) is 7.60. The van der Waals surface area contributed by atoms with E-state index in [1.54, 1.807) is 0 Å². The van der Waals surface area contributed by atoms with Gasteiger partial charge in [0, 0.05) is 53.3 Å². The molecule has 2 heterocycles. The Morgan fingerprint density at radius 1 is 1.16 bits per heavy atom. The highest BCUT2D eigenvalue weighted by molar-refractivity contribution is 5.77. The summed E-state index contributed by atoms with van der Waals surface area (Å²) < 4.78 is 0. The molecule has 0 atom stereocenters. The van der Waals surface area contributed by atoms with Crippen molar-refractivity contribution in [3.63, 3.8) is 0 Å². The smallest absolute Gasteiger partial charge is 0.234 e. The molecule has 2 fully saturated rings. The van der Waals surface area contributed by atoms with Crippen LogP contribution in [0, 0.1) is 0 Å². The van der Waals surface area contributed by atoms with Crippen LogP contribution in [0.15, 0.2) is 0 Å². The molecule has 0 bridgehead atoms. The van der Waals surface area contributed by atoms with Crippen molar-refractivity contribution in [2.24, 2.45) is 0 Å². The van der Waals surface area contributed by atoms with Gasteiger partial charge in [0.25, 0.3) is 0 Å². The highest BCUT2D eigenvalue weighted by Crippen LogP contribution is 2.17. The van der Waals surface area contributed by atoms with Gasteiger partial charge in [-0.1, -0.05) is 0 Å². The summed E-state index contributed by atoms with van der Waals surface area (Å²) in [5.74, 6) is 0.167. The zero-order valence-electron chi connectivity index (χ0n) is 12.4. The molecular weight excluding hydrogens is 240 g/mol. The van der Waals surface area contributed by atoms with Gasteiger partial charge < -0.3 is 10.2 Å². The van der Waals surface area contributed by atoms with Gasteiger partial charge in [0.1, 0.15) is 0 Å². The third-order valence-electron chi connectivity index (χ3n) is 4.35. The molecule has 2 saturated heterocycles. The molecule has 0 radical (unpaired) electrons. The van der Waals surface area contributed by atoms with Crippen molar-refractivity contribution in [1.82, 2.24) is 20.0 Å². The second kappa shape index (κ2) is 7.22. The zero-order valence-corrected chi connectivity index (χ0v) is 12.4. The number of amides is 1. The lowest BCUT2D eigenvalue weighted by molar-refractivity contribution is -0.122. The van der Waals surface area contributed by atoms with Crippen LogP contribution in [-0.4, -0.2) is 86.1 Å². The van der Waals surface area contributed by atoms with E-state index in [2.05, 4.69) is 27.1 Å². The predicted octanol–water partition coefficient (Wildman–Crippen LogP) is 0.0803. The SMILES string of the molecule is CCNC(=O)CN1CCC(N2CCN(C)CC2)CC1.[HH]. The molecule has 5 heteroatoms. The lowest BCUT2D eigenvalue weighted by Gasteiger charge is -2.41. The van der Waals surface area contributed by atoms with Gasteiger partial charge in [-0.05, 0) is 26.8 Å². The van der Waals surface area contributed by atoms with Crippen LogP contribution in [-0.2, 0) is 4.79 Å². The fourth-order valence-corrected chi connectivity index (χ4v) is 3.09. The van der Waals surface area contributed by atoms with Gasteiger partial charge in [0.2, 0.25) is 5.91 Å². The molecule has 0 aliphatic carbocycles. The molecule has 5 nitrogen and oxygen atoms in total. The van der Waals surface area contributed by atoms with E-state index in [0.29, 0.717) is 6.54 Å². The van der Waals surface area contributed by atoms with Crippen molar-refractivity contribution in [3.05, 3.63) is 0 Å². The number of carbonyl (C=O) groups excluding carboxylic acids is 1. The molecule has 2 rings (SSSR count). The van der Waals surface area contributed by atoms with Gasteiger partial charge in [0.15, 0.2) is 0 Å². The van der Waals surface area contributed by atoms with Crippen molar-refractivity contribution < 1.29 is 6.22 Å². The summed E-state index contributed by atoms with van der Waals surface area (Å²) in [6.07, 6.45) is 2.42. The molecule has 1 N–H and O–H groups in total. The average molecular weight is 270 g/mol. The Bertz CT molecular complexity index is 287. The van der Waals surface area contributed by atoms with Crippen molar-refractivity contribution in [1.29, 1.82) is 0 Å². The van der Waals surface area contributed by atoms with Crippen LogP contribution in [0.25, 0.3) is 0 Å². The standard InChI is InChI=1S/C14H28N4O.H2/c1-3-15-14(19)12-17-6-4-13(5-7-17)18-10-8-16(2)9-11-18;/h13H,3-12H2,1-2H3,(H,15,19);1H. The lowest BCUT2D eigenvalue weighted by atomic mass is 10.0. The van der Waals surface area contributed by atoms with E-state index in [0.717, 1.165) is 25.7 Å². The minimum Gasteiger partial charge on any atom is -0.355 e. The van der Waals surface area contributed by atoms with Gasteiger partial charge in [-0.3, -0.25) is 14.6 Å². The maximum Gasteiger partial charge on any atom is 0.234 e. The Kier molecular flexibility index (Phi) is 5.60. The predicted molar refractivity (Wildman–Crippen MR) is 79.3 cm³/mol. The molecule has 0 saturated carbocycles. The first-order chi connectivity index (χ1) is 9.19. The van der Waals surface area contributed by atoms with Gasteiger partial charge in [-0.25, -0.2) is 0 Å². The Morgan fingerprint density at radius 3 is 2.37 bits per heavy atom. The maximum atomic E-state index is 11.6. The second-order valence-electron chi connectivity index (χ2n) is 5.80. The van der Waals surface area contributed by atoms with E-state index in [4.69, 9.17) is 0 Å². The lowest BCUT2D eigenvalue weighted by Crippen LogP contribution is -2.53. The third-order valence-corrected chi connectivity index (χ3v) is 4.35. The van der Waals surface area contributed by atoms with E-state index < -0.39 is 0 Å². The Hall–Kier alpha value is -0.650. The van der Waals surface area contributed by atoms with Crippen LogP contribution >= 0.6 is 0 Å². The summed E-state index contributed by atoms with van der Waals surface area (Å²) in [4.78, 5) is 18.9. The Labute approximate surface area is 118 Å². The molecule has 19 heavy (non-hydrogen) atoms. The number of hydrogen-bond donors (Lipinski definition) is 1. The molecule has 2 aliphatic rings. The Balaban J connectivity index is 0.00000200. The van der Waals surface area contributed by atoms with E-state index >= 15 is 0 Å². The summed E-state index contributed by atoms with van der Waals surface area (Å²) >= 11 is 0. The third kappa shape index (κ3) is 4.44. The molecule has 0 aromatic heterocycles. The molecule has 2 aliphatic heterocycles. The van der Waals surface area contributed by atoms with Crippen LogP contribution in [0.4, 0.5) is 0 Å². The van der Waals surface area contributed by atoms with Crippen LogP contribution in [0.1, 0.15) is 21.2 Å². The van der Waals surface area contributed by atoms with Crippen LogP contribution in [0.3, 0.4) is 0 Å². The van der Waals surface area contributed by atoms with E-state index in [9.17, 15) is 4.79 Å². The summed E-state index contributed by atoms with van der Waals surface area (Å²) in [7, 11) is 2.20. The number of likely N-dealkylation sites (tertiary alicyclic amines) is 1. The second-order valence-corrected chi connectivity index (χ2v) is 5.80. The monoisotopic (exact) mass is 270 g/mol. The van der Waals surface area contributed by atoms with Crippen molar-refractivity contribution in [3.8, 4) is 0 Å². The van der Waals surface area contributed by atoms with E-state index in [1.165, 1.54) is 39.0 Å². The number of hydrogen-bond acceptors (Lipinski definition) is 4. The van der Waals surface area contributed by atoms with Crippen molar-refractivity contribution in [2.75, 3.05) is 59.4 Å². The molecule has 1 amide bonds. The number of piperidine rings is 1. The minimum absolute atomic E-state index is 0. The number of nitrogens with one attached hydrogen (secondary N) is 1. The number of piperazine rings is 1. The zero-order chi connectivity index (χ0) is 13.7. The van der Waals surface area contributed by atoms with Crippen molar-refractivity contribution in [2.45, 2.75) is 25.8 Å². The molecule has 0 spiro atoms. The summed E-state index contributed by atoms with van der Waals surface area (Å²) in [5, 5.41) is 2.88. The summed E-state index contributed by atoms with van der Waals surface area (Å²) in [6.45, 7) is 10.2. The fourth-order valence-electron chi connectivity index (χ4n) is 3.09. The molecule has 0 aromatic carbocycles.